The van der Waals surface area contributed by atoms with E-state index in [0.29, 0.717) is 6.92 Å². The van der Waals surface area contributed by atoms with Gasteiger partial charge in [0.05, 0.1) is 6.54 Å². The van der Waals surface area contributed by atoms with E-state index in [1.165, 1.54) is 5.32 Å². The van der Waals surface area contributed by atoms with Crippen molar-refractivity contribution in [1.82, 2.24) is 5.32 Å². The highest BCUT2D eigenvalue weighted by Crippen LogP contribution is 2.45. The van der Waals surface area contributed by atoms with Crippen molar-refractivity contribution >= 4 is 5.91 Å². The van der Waals surface area contributed by atoms with E-state index in [1.807, 2.05) is 0 Å². The second kappa shape index (κ2) is 3.86. The van der Waals surface area contributed by atoms with Crippen LogP contribution in [0.1, 0.15) is 6.92 Å². The number of alkyl halides is 7. The minimum atomic E-state index is -6.37. The van der Waals surface area contributed by atoms with E-state index in [9.17, 15) is 35.5 Å². The van der Waals surface area contributed by atoms with Crippen molar-refractivity contribution in [3.05, 3.63) is 0 Å². The Morgan fingerprint density at radius 2 is 1.47 bits per heavy atom. The van der Waals surface area contributed by atoms with E-state index in [1.54, 1.807) is 0 Å². The molecule has 0 fully saturated rings. The lowest BCUT2D eigenvalue weighted by atomic mass is 10.1. The lowest BCUT2D eigenvalue weighted by molar-refractivity contribution is -0.352. The second-order valence-corrected chi connectivity index (χ2v) is 2.69. The summed E-state index contributed by atoms with van der Waals surface area (Å²) in [5.74, 6) is -12.7. The third-order valence-electron chi connectivity index (χ3n) is 1.37. The van der Waals surface area contributed by atoms with Crippen molar-refractivity contribution in [3.63, 3.8) is 0 Å². The smallest absolute Gasteiger partial charge is 0.350 e. The molecule has 2 nitrogen and oxygen atoms in total. The molecule has 0 aromatic heterocycles. The summed E-state index contributed by atoms with van der Waals surface area (Å²) < 4.78 is 83.5. The molecule has 0 aliphatic rings. The van der Waals surface area contributed by atoms with Gasteiger partial charge in [0.2, 0.25) is 5.91 Å². The van der Waals surface area contributed by atoms with Crippen LogP contribution in [-0.4, -0.2) is 30.5 Å². The molecule has 0 bridgehead atoms. The van der Waals surface area contributed by atoms with Crippen LogP contribution in [0.3, 0.4) is 0 Å². The lowest BCUT2D eigenvalue weighted by Gasteiger charge is -2.27. The van der Waals surface area contributed by atoms with E-state index >= 15 is 0 Å². The van der Waals surface area contributed by atoms with Gasteiger partial charge in [-0.1, -0.05) is 0 Å². The molecule has 0 saturated carbocycles. The summed E-state index contributed by atoms with van der Waals surface area (Å²) in [4.78, 5) is 10.1. The summed E-state index contributed by atoms with van der Waals surface area (Å²) in [5.41, 5.74) is 0. The van der Waals surface area contributed by atoms with Crippen molar-refractivity contribution < 1.29 is 35.5 Å². The zero-order valence-electron chi connectivity index (χ0n) is 7.26. The number of nitrogens with one attached hydrogen (secondary N) is 1. The molecule has 0 rings (SSSR count). The molecule has 0 atom stereocenters. The average Bonchev–Trinajstić information content (AvgIpc) is 1.98. The number of carbonyl (C=O) groups is 1. The summed E-state index contributed by atoms with van der Waals surface area (Å²) in [6.45, 7) is -1.36. The number of amides is 1. The Morgan fingerprint density at radius 1 is 1.07 bits per heavy atom. The third-order valence-corrected chi connectivity index (χ3v) is 1.37. The number of carbonyl (C=O) groups excluding carboxylic acids is 1. The summed E-state index contributed by atoms with van der Waals surface area (Å²) in [5, 5.41) is 1.20. The summed E-state index contributed by atoms with van der Waals surface area (Å²) in [6, 6.07) is 0. The van der Waals surface area contributed by atoms with Crippen LogP contribution in [0, 0.1) is 0 Å². The van der Waals surface area contributed by atoms with Gasteiger partial charge in [0.25, 0.3) is 0 Å². The first kappa shape index (κ1) is 14.0. The maximum atomic E-state index is 12.4. The molecular formula is C6H6F7NO. The molecule has 0 aromatic carbocycles. The molecule has 15 heavy (non-hydrogen) atoms. The number of halogens is 7. The molecule has 0 unspecified atom stereocenters. The summed E-state index contributed by atoms with van der Waals surface area (Å²) in [7, 11) is 0. The second-order valence-electron chi connectivity index (χ2n) is 2.69. The fraction of sp³-hybridized carbons (Fsp3) is 0.833. The van der Waals surface area contributed by atoms with Crippen molar-refractivity contribution in [1.29, 1.82) is 0 Å². The van der Waals surface area contributed by atoms with E-state index in [0.717, 1.165) is 0 Å². The Morgan fingerprint density at radius 3 is 1.73 bits per heavy atom. The normalized spacial score (nSPS) is 13.9. The van der Waals surface area contributed by atoms with Crippen LogP contribution in [0.5, 0.6) is 0 Å². The van der Waals surface area contributed by atoms with E-state index < -0.39 is 30.5 Å². The molecule has 0 radical (unpaired) electrons. The van der Waals surface area contributed by atoms with E-state index in [2.05, 4.69) is 0 Å². The van der Waals surface area contributed by atoms with Crippen LogP contribution in [0.4, 0.5) is 30.7 Å². The van der Waals surface area contributed by atoms with Gasteiger partial charge in [-0.3, -0.25) is 4.79 Å². The first-order valence-electron chi connectivity index (χ1n) is 3.48. The highest BCUT2D eigenvalue weighted by molar-refractivity contribution is 5.72. The maximum Gasteiger partial charge on any atom is 0.459 e. The molecule has 9 heteroatoms. The van der Waals surface area contributed by atoms with Crippen LogP contribution >= 0.6 is 0 Å². The minimum absolute atomic E-state index is 0.710. The van der Waals surface area contributed by atoms with Gasteiger partial charge in [0, 0.05) is 6.92 Å². The SMILES string of the molecule is CC(=O)NCC(F)(F)C(F)(F)C(F)(F)F. The van der Waals surface area contributed by atoms with Crippen molar-refractivity contribution in [2.24, 2.45) is 0 Å². The third kappa shape index (κ3) is 2.96. The minimum Gasteiger partial charge on any atom is -0.350 e. The standard InChI is InChI=1S/C6H6F7NO/c1-3(15)14-2-4(7,8)5(9,10)6(11,12)13/h2H2,1H3,(H,14,15). The van der Waals surface area contributed by atoms with Crippen LogP contribution in [0.15, 0.2) is 0 Å². The maximum absolute atomic E-state index is 12.4. The highest BCUT2D eigenvalue weighted by Gasteiger charge is 2.72. The molecule has 0 saturated heterocycles. The monoisotopic (exact) mass is 241 g/mol. The van der Waals surface area contributed by atoms with Gasteiger partial charge >= 0.3 is 18.0 Å². The molecule has 1 N–H and O–H groups in total. The summed E-state index contributed by atoms with van der Waals surface area (Å²) in [6.07, 6.45) is -6.37. The molecule has 0 aliphatic heterocycles. The molecule has 0 aromatic rings. The molecule has 0 heterocycles. The topological polar surface area (TPSA) is 29.1 Å². The van der Waals surface area contributed by atoms with Gasteiger partial charge in [-0.15, -0.1) is 0 Å². The number of hydrogen-bond acceptors (Lipinski definition) is 1. The van der Waals surface area contributed by atoms with E-state index in [4.69, 9.17) is 0 Å². The Labute approximate surface area is 79.4 Å². The molecule has 0 aliphatic carbocycles. The molecule has 1 amide bonds. The van der Waals surface area contributed by atoms with Crippen molar-refractivity contribution in [2.75, 3.05) is 6.54 Å². The van der Waals surface area contributed by atoms with Crippen LogP contribution in [-0.2, 0) is 4.79 Å². The zero-order valence-corrected chi connectivity index (χ0v) is 7.26. The van der Waals surface area contributed by atoms with Gasteiger partial charge in [-0.25, -0.2) is 0 Å². The first-order chi connectivity index (χ1) is 6.42. The average molecular weight is 241 g/mol. The highest BCUT2D eigenvalue weighted by atomic mass is 19.4. The molecule has 90 valence electrons. The largest absolute Gasteiger partial charge is 0.459 e. The van der Waals surface area contributed by atoms with Gasteiger partial charge in [0.1, 0.15) is 0 Å². The Bertz CT molecular complexity index is 246. The van der Waals surface area contributed by atoms with Gasteiger partial charge in [-0.05, 0) is 0 Å². The van der Waals surface area contributed by atoms with Crippen LogP contribution in [0.25, 0.3) is 0 Å². The van der Waals surface area contributed by atoms with Crippen molar-refractivity contribution in [3.8, 4) is 0 Å². The molecule has 0 spiro atoms. The van der Waals surface area contributed by atoms with Crippen molar-refractivity contribution in [2.45, 2.75) is 24.9 Å². The van der Waals surface area contributed by atoms with E-state index in [-0.39, 0.29) is 0 Å². The number of hydrogen-bond donors (Lipinski definition) is 1. The van der Waals surface area contributed by atoms with Crippen LogP contribution in [0.2, 0.25) is 0 Å². The van der Waals surface area contributed by atoms with Gasteiger partial charge in [0.15, 0.2) is 0 Å². The Kier molecular flexibility index (Phi) is 3.59. The van der Waals surface area contributed by atoms with Crippen LogP contribution < -0.4 is 5.32 Å². The fourth-order valence-corrected chi connectivity index (χ4v) is 0.554. The zero-order chi connectivity index (χ0) is 12.5. The fourth-order valence-electron chi connectivity index (χ4n) is 0.554. The number of rotatable bonds is 3. The quantitative estimate of drug-likeness (QED) is 0.752. The predicted octanol–water partition coefficient (Wildman–Crippen LogP) is 1.96. The van der Waals surface area contributed by atoms with Gasteiger partial charge < -0.3 is 5.32 Å². The Hall–Kier alpha value is -1.02. The molecular weight excluding hydrogens is 235 g/mol. The first-order valence-corrected chi connectivity index (χ1v) is 3.48. The Balaban J connectivity index is 4.77. The predicted molar refractivity (Wildman–Crippen MR) is 34.6 cm³/mol. The lowest BCUT2D eigenvalue weighted by Crippen LogP contribution is -2.56. The van der Waals surface area contributed by atoms with Gasteiger partial charge in [-0.2, -0.15) is 30.7 Å². The summed E-state index contributed by atoms with van der Waals surface area (Å²) >= 11 is 0.